The first-order valence-electron chi connectivity index (χ1n) is 3.36. The molecule has 1 aromatic heterocycles. The van der Waals surface area contributed by atoms with Gasteiger partial charge in [0, 0.05) is 12.3 Å². The Morgan fingerprint density at radius 1 is 1.64 bits per heavy atom. The monoisotopic (exact) mass is 205 g/mol. The fourth-order valence-electron chi connectivity index (χ4n) is 0.826. The Hall–Kier alpha value is -1.99. The highest BCUT2D eigenvalue weighted by Gasteiger charge is 2.22. The van der Waals surface area contributed by atoms with Crippen LogP contribution in [-0.4, -0.2) is 16.5 Å². The van der Waals surface area contributed by atoms with Crippen LogP contribution in [0.1, 0.15) is 0 Å². The number of nitro groups is 1. The highest BCUT2D eigenvalue weighted by atomic mass is 19.3. The highest BCUT2D eigenvalue weighted by Crippen LogP contribution is 2.31. The Morgan fingerprint density at radius 3 is 2.79 bits per heavy atom. The molecule has 76 valence electrons. The Morgan fingerprint density at radius 2 is 2.29 bits per heavy atom. The minimum atomic E-state index is -3.14. The summed E-state index contributed by atoms with van der Waals surface area (Å²) in [4.78, 5) is 12.8. The van der Waals surface area contributed by atoms with Crippen LogP contribution in [0, 0.1) is 10.1 Å². The molecule has 0 spiro atoms. The van der Waals surface area contributed by atoms with Gasteiger partial charge in [0.05, 0.1) is 4.92 Å². The summed E-state index contributed by atoms with van der Waals surface area (Å²) in [5.74, 6) is -1.06. The summed E-state index contributed by atoms with van der Waals surface area (Å²) in [6, 6.07) is 0.945. The number of pyridine rings is 1. The van der Waals surface area contributed by atoms with Gasteiger partial charge in [0.25, 0.3) is 0 Å². The number of nitrogens with zero attached hydrogens (tertiary/aromatic N) is 2. The van der Waals surface area contributed by atoms with Crippen LogP contribution in [0.15, 0.2) is 12.3 Å². The number of nitrogen functional groups attached to an aromatic ring is 1. The first-order valence-corrected chi connectivity index (χ1v) is 3.36. The molecule has 0 saturated carbocycles. The van der Waals surface area contributed by atoms with Crippen molar-refractivity contribution < 1.29 is 18.4 Å². The Labute approximate surface area is 76.5 Å². The second kappa shape index (κ2) is 3.81. The lowest BCUT2D eigenvalue weighted by atomic mass is 10.3. The zero-order chi connectivity index (χ0) is 10.7. The summed E-state index contributed by atoms with van der Waals surface area (Å²) in [5, 5.41) is 10.4. The van der Waals surface area contributed by atoms with E-state index in [4.69, 9.17) is 5.73 Å². The average molecular weight is 205 g/mol. The van der Waals surface area contributed by atoms with Gasteiger partial charge in [0.2, 0.25) is 11.6 Å². The van der Waals surface area contributed by atoms with Crippen molar-refractivity contribution in [2.45, 2.75) is 6.61 Å². The summed E-state index contributed by atoms with van der Waals surface area (Å²) < 4.78 is 27.5. The second-order valence-electron chi connectivity index (χ2n) is 2.18. The first kappa shape index (κ1) is 10.1. The van der Waals surface area contributed by atoms with Gasteiger partial charge in [0.15, 0.2) is 0 Å². The van der Waals surface area contributed by atoms with E-state index >= 15 is 0 Å². The maximum atomic E-state index is 11.8. The zero-order valence-electron chi connectivity index (χ0n) is 6.68. The van der Waals surface area contributed by atoms with Crippen molar-refractivity contribution in [1.29, 1.82) is 0 Å². The van der Waals surface area contributed by atoms with Crippen LogP contribution in [0.3, 0.4) is 0 Å². The number of halogens is 2. The fraction of sp³-hybridized carbons (Fsp3) is 0.167. The molecular weight excluding hydrogens is 200 g/mol. The summed E-state index contributed by atoms with van der Waals surface area (Å²) in [6.45, 7) is -3.14. The molecule has 0 bridgehead atoms. The van der Waals surface area contributed by atoms with Crippen LogP contribution in [-0.2, 0) is 0 Å². The normalized spacial score (nSPS) is 10.2. The van der Waals surface area contributed by atoms with E-state index in [1.54, 1.807) is 0 Å². The maximum Gasteiger partial charge on any atom is 0.387 e. The molecule has 1 rings (SSSR count). The number of hydrogen-bond donors (Lipinski definition) is 1. The first-order chi connectivity index (χ1) is 6.52. The van der Waals surface area contributed by atoms with Gasteiger partial charge >= 0.3 is 12.3 Å². The van der Waals surface area contributed by atoms with Gasteiger partial charge in [-0.1, -0.05) is 0 Å². The number of hydrogen-bond acceptors (Lipinski definition) is 5. The third-order valence-electron chi connectivity index (χ3n) is 1.31. The van der Waals surface area contributed by atoms with Crippen molar-refractivity contribution >= 4 is 11.5 Å². The quantitative estimate of drug-likeness (QED) is 0.590. The minimum absolute atomic E-state index is 0.465. The lowest BCUT2D eigenvalue weighted by Gasteiger charge is -2.05. The largest absolute Gasteiger partial charge is 0.427 e. The number of anilines is 1. The van der Waals surface area contributed by atoms with Crippen molar-refractivity contribution in [3.05, 3.63) is 22.4 Å². The molecule has 2 N–H and O–H groups in total. The van der Waals surface area contributed by atoms with Crippen molar-refractivity contribution in [2.24, 2.45) is 0 Å². The molecule has 0 atom stereocenters. The zero-order valence-corrected chi connectivity index (χ0v) is 6.68. The topological polar surface area (TPSA) is 91.3 Å². The molecular formula is C6H5F2N3O3. The summed E-state index contributed by atoms with van der Waals surface area (Å²) in [7, 11) is 0. The number of aromatic nitrogens is 1. The summed E-state index contributed by atoms with van der Waals surface area (Å²) >= 11 is 0. The van der Waals surface area contributed by atoms with Crippen LogP contribution in [0.2, 0.25) is 0 Å². The second-order valence-corrected chi connectivity index (χ2v) is 2.18. The minimum Gasteiger partial charge on any atom is -0.427 e. The Balaban J connectivity index is 3.14. The van der Waals surface area contributed by atoms with Crippen LogP contribution in [0.25, 0.3) is 0 Å². The average Bonchev–Trinajstić information content (AvgIpc) is 2.01. The predicted molar refractivity (Wildman–Crippen MR) is 41.9 cm³/mol. The molecule has 0 aliphatic carbocycles. The third kappa shape index (κ3) is 2.03. The molecule has 0 unspecified atom stereocenters. The van der Waals surface area contributed by atoms with E-state index in [2.05, 4.69) is 9.72 Å². The van der Waals surface area contributed by atoms with Crippen molar-refractivity contribution in [3.63, 3.8) is 0 Å². The Bertz CT molecular complexity index is 358. The van der Waals surface area contributed by atoms with Crippen LogP contribution < -0.4 is 10.5 Å². The van der Waals surface area contributed by atoms with E-state index in [0.29, 0.717) is 0 Å². The van der Waals surface area contributed by atoms with Crippen molar-refractivity contribution in [3.8, 4) is 5.75 Å². The molecule has 0 amide bonds. The molecule has 0 aliphatic rings. The van der Waals surface area contributed by atoms with Gasteiger partial charge in [-0.3, -0.25) is 10.1 Å². The summed E-state index contributed by atoms with van der Waals surface area (Å²) in [5.41, 5.74) is 4.36. The standard InChI is InChI=1S/C6H5F2N3O3/c7-6(8)14-3-1-2-10-5(9)4(3)11(12)13/h1-2,6H,(H2,9,10). The molecule has 1 heterocycles. The fourth-order valence-corrected chi connectivity index (χ4v) is 0.826. The van der Waals surface area contributed by atoms with Crippen molar-refractivity contribution in [1.82, 2.24) is 4.98 Å². The van der Waals surface area contributed by atoms with Gasteiger partial charge in [-0.05, 0) is 0 Å². The van der Waals surface area contributed by atoms with Crippen molar-refractivity contribution in [2.75, 3.05) is 5.73 Å². The SMILES string of the molecule is Nc1nccc(OC(F)F)c1[N+](=O)[O-]. The van der Waals surface area contributed by atoms with E-state index in [1.807, 2.05) is 0 Å². The lowest BCUT2D eigenvalue weighted by molar-refractivity contribution is -0.385. The summed E-state index contributed by atoms with van der Waals surface area (Å²) in [6.07, 6.45) is 1.04. The maximum absolute atomic E-state index is 11.8. The van der Waals surface area contributed by atoms with Crippen LogP contribution in [0.5, 0.6) is 5.75 Å². The molecule has 0 radical (unpaired) electrons. The lowest BCUT2D eigenvalue weighted by Crippen LogP contribution is -2.06. The van der Waals surface area contributed by atoms with Crippen LogP contribution in [0.4, 0.5) is 20.3 Å². The molecule has 1 aromatic rings. The highest BCUT2D eigenvalue weighted by molar-refractivity contribution is 5.60. The third-order valence-corrected chi connectivity index (χ3v) is 1.31. The van der Waals surface area contributed by atoms with Gasteiger partial charge in [-0.2, -0.15) is 8.78 Å². The number of alkyl halides is 2. The molecule has 0 aromatic carbocycles. The molecule has 8 heteroatoms. The smallest absolute Gasteiger partial charge is 0.387 e. The molecule has 0 saturated heterocycles. The number of ether oxygens (including phenoxy) is 1. The van der Waals surface area contributed by atoms with E-state index in [-0.39, 0.29) is 0 Å². The predicted octanol–water partition coefficient (Wildman–Crippen LogP) is 1.17. The number of nitrogens with two attached hydrogens (primary N) is 1. The van der Waals surface area contributed by atoms with E-state index in [9.17, 15) is 18.9 Å². The molecule has 0 aliphatic heterocycles. The van der Waals surface area contributed by atoms with Crippen LogP contribution >= 0.6 is 0 Å². The van der Waals surface area contributed by atoms with Gasteiger partial charge < -0.3 is 10.5 Å². The molecule has 0 fully saturated rings. The molecule has 14 heavy (non-hydrogen) atoms. The van der Waals surface area contributed by atoms with Gasteiger partial charge in [0.1, 0.15) is 0 Å². The Kier molecular flexibility index (Phi) is 2.75. The van der Waals surface area contributed by atoms with Gasteiger partial charge in [-0.25, -0.2) is 4.98 Å². The molecule has 6 nitrogen and oxygen atoms in total. The van der Waals surface area contributed by atoms with E-state index < -0.39 is 28.8 Å². The van der Waals surface area contributed by atoms with Gasteiger partial charge in [-0.15, -0.1) is 0 Å². The number of rotatable bonds is 3. The van der Waals surface area contributed by atoms with E-state index in [0.717, 1.165) is 12.3 Å². The van der Waals surface area contributed by atoms with E-state index in [1.165, 1.54) is 0 Å².